The summed E-state index contributed by atoms with van der Waals surface area (Å²) in [6, 6.07) is 22.3. The second-order valence-electron chi connectivity index (χ2n) is 8.98. The quantitative estimate of drug-likeness (QED) is 0.529. The molecule has 2 aliphatic rings. The van der Waals surface area contributed by atoms with E-state index in [1.807, 2.05) is 24.3 Å². The zero-order valence-electron chi connectivity index (χ0n) is 19.0. The van der Waals surface area contributed by atoms with Gasteiger partial charge in [-0.05, 0) is 51.9 Å². The van der Waals surface area contributed by atoms with Crippen molar-refractivity contribution >= 4 is 17.6 Å². The SMILES string of the molecule is O=C(O)C(c1cccc(F)c1)C1C(c2ccc(CCN3CCOCC3)cc2)=Cc2ccccc21. The smallest absolute Gasteiger partial charge is 0.311 e. The van der Waals surface area contributed by atoms with Gasteiger partial charge in [-0.3, -0.25) is 9.69 Å². The van der Waals surface area contributed by atoms with Crippen LogP contribution in [-0.4, -0.2) is 48.8 Å². The number of rotatable bonds is 7. The maximum absolute atomic E-state index is 14.0. The average Bonchev–Trinajstić information content (AvgIpc) is 3.23. The van der Waals surface area contributed by atoms with E-state index in [9.17, 15) is 14.3 Å². The maximum Gasteiger partial charge on any atom is 0.311 e. The first kappa shape index (κ1) is 22.5. The third-order valence-corrected chi connectivity index (χ3v) is 6.89. The van der Waals surface area contributed by atoms with Gasteiger partial charge in [-0.15, -0.1) is 0 Å². The van der Waals surface area contributed by atoms with Crippen LogP contribution in [0.5, 0.6) is 0 Å². The largest absolute Gasteiger partial charge is 0.481 e. The van der Waals surface area contributed by atoms with Crippen molar-refractivity contribution in [3.8, 4) is 0 Å². The number of carbonyl (C=O) groups is 1. The zero-order chi connectivity index (χ0) is 23.5. The zero-order valence-corrected chi connectivity index (χ0v) is 19.0. The fourth-order valence-electron chi connectivity index (χ4n) is 5.13. The molecule has 3 aromatic carbocycles. The predicted molar refractivity (Wildman–Crippen MR) is 131 cm³/mol. The second-order valence-corrected chi connectivity index (χ2v) is 8.98. The highest BCUT2D eigenvalue weighted by Gasteiger charge is 2.38. The second kappa shape index (κ2) is 9.92. The number of nitrogens with zero attached hydrogens (tertiary/aromatic N) is 1. The Labute approximate surface area is 199 Å². The molecule has 34 heavy (non-hydrogen) atoms. The van der Waals surface area contributed by atoms with Gasteiger partial charge < -0.3 is 9.84 Å². The number of benzene rings is 3. The Kier molecular flexibility index (Phi) is 6.57. The molecule has 4 nitrogen and oxygen atoms in total. The highest BCUT2D eigenvalue weighted by Crippen LogP contribution is 2.49. The fraction of sp³-hybridized carbons (Fsp3) is 0.276. The third-order valence-electron chi connectivity index (χ3n) is 6.89. The lowest BCUT2D eigenvalue weighted by Crippen LogP contribution is -2.37. The van der Waals surface area contributed by atoms with Gasteiger partial charge in [0.2, 0.25) is 0 Å². The molecule has 5 heteroatoms. The van der Waals surface area contributed by atoms with Crippen LogP contribution in [0.1, 0.15) is 39.7 Å². The van der Waals surface area contributed by atoms with Gasteiger partial charge >= 0.3 is 5.97 Å². The first-order valence-electron chi connectivity index (χ1n) is 11.8. The number of hydrogen-bond acceptors (Lipinski definition) is 3. The van der Waals surface area contributed by atoms with Crippen LogP contribution in [-0.2, 0) is 16.0 Å². The van der Waals surface area contributed by atoms with E-state index in [0.717, 1.165) is 61.5 Å². The number of fused-ring (bicyclic) bond motifs is 1. The molecule has 1 aliphatic carbocycles. The van der Waals surface area contributed by atoms with Gasteiger partial charge in [-0.1, -0.05) is 66.7 Å². The van der Waals surface area contributed by atoms with Crippen LogP contribution >= 0.6 is 0 Å². The Morgan fingerprint density at radius 3 is 2.53 bits per heavy atom. The van der Waals surface area contributed by atoms with E-state index in [4.69, 9.17) is 4.74 Å². The molecular weight excluding hydrogens is 429 g/mol. The first-order chi connectivity index (χ1) is 16.6. The van der Waals surface area contributed by atoms with Crippen LogP contribution in [0.15, 0.2) is 72.8 Å². The minimum absolute atomic E-state index is 0.394. The molecule has 0 spiro atoms. The van der Waals surface area contributed by atoms with Gasteiger partial charge in [0.15, 0.2) is 0 Å². The summed E-state index contributed by atoms with van der Waals surface area (Å²) < 4.78 is 19.5. The molecule has 1 saturated heterocycles. The summed E-state index contributed by atoms with van der Waals surface area (Å²) in [7, 11) is 0. The molecule has 0 radical (unpaired) electrons. The number of morpholine rings is 1. The summed E-state index contributed by atoms with van der Waals surface area (Å²) in [6.07, 6.45) is 3.04. The van der Waals surface area contributed by atoms with Crippen molar-refractivity contribution in [3.63, 3.8) is 0 Å². The Balaban J connectivity index is 1.44. The van der Waals surface area contributed by atoms with Crippen molar-refractivity contribution in [2.75, 3.05) is 32.8 Å². The van der Waals surface area contributed by atoms with E-state index in [1.165, 1.54) is 17.7 Å². The van der Waals surface area contributed by atoms with Gasteiger partial charge in [-0.25, -0.2) is 4.39 Å². The lowest BCUT2D eigenvalue weighted by atomic mass is 9.77. The summed E-state index contributed by atoms with van der Waals surface area (Å²) in [5, 5.41) is 10.2. The Morgan fingerprint density at radius 1 is 1.03 bits per heavy atom. The molecule has 0 amide bonds. The number of ether oxygens (including phenoxy) is 1. The highest BCUT2D eigenvalue weighted by molar-refractivity contribution is 5.96. The van der Waals surface area contributed by atoms with Crippen LogP contribution in [0, 0.1) is 5.82 Å². The topological polar surface area (TPSA) is 49.8 Å². The van der Waals surface area contributed by atoms with Gasteiger partial charge in [0.05, 0.1) is 19.1 Å². The molecule has 1 aliphatic heterocycles. The Morgan fingerprint density at radius 2 is 1.79 bits per heavy atom. The molecule has 0 saturated carbocycles. The molecule has 1 N–H and O–H groups in total. The number of hydrogen-bond donors (Lipinski definition) is 1. The first-order valence-corrected chi connectivity index (χ1v) is 11.8. The lowest BCUT2D eigenvalue weighted by molar-refractivity contribution is -0.139. The van der Waals surface area contributed by atoms with E-state index in [1.54, 1.807) is 12.1 Å². The number of halogens is 1. The summed E-state index contributed by atoms with van der Waals surface area (Å²) in [5.41, 5.74) is 5.66. The monoisotopic (exact) mass is 457 g/mol. The third kappa shape index (κ3) is 4.67. The molecule has 2 atom stereocenters. The lowest BCUT2D eigenvalue weighted by Gasteiger charge is -2.26. The van der Waals surface area contributed by atoms with Gasteiger partial charge in [0, 0.05) is 25.6 Å². The van der Waals surface area contributed by atoms with Gasteiger partial charge in [0.1, 0.15) is 5.82 Å². The number of allylic oxidation sites excluding steroid dienone is 1. The summed E-state index contributed by atoms with van der Waals surface area (Å²) >= 11 is 0. The summed E-state index contributed by atoms with van der Waals surface area (Å²) in [5.74, 6) is -2.66. The Bertz CT molecular complexity index is 1200. The van der Waals surface area contributed by atoms with Crippen LogP contribution < -0.4 is 0 Å². The minimum atomic E-state index is -0.958. The maximum atomic E-state index is 14.0. The van der Waals surface area contributed by atoms with E-state index in [2.05, 4.69) is 35.2 Å². The number of aliphatic carboxylic acids is 1. The standard InChI is InChI=1S/C29H28FNO3/c30-24-6-3-5-23(18-24)27(29(32)33)28-25-7-2-1-4-22(25)19-26(28)21-10-8-20(9-11-21)12-13-31-14-16-34-17-15-31/h1-11,18-19,27-28H,12-17H2,(H,32,33). The molecular formula is C29H28FNO3. The normalized spacial score (nSPS) is 18.9. The van der Waals surface area contributed by atoms with Crippen molar-refractivity contribution in [3.05, 3.63) is 106 Å². The Hall–Kier alpha value is -3.28. The van der Waals surface area contributed by atoms with Crippen LogP contribution in [0.3, 0.4) is 0 Å². The van der Waals surface area contributed by atoms with Crippen molar-refractivity contribution in [2.45, 2.75) is 18.3 Å². The van der Waals surface area contributed by atoms with Crippen LogP contribution in [0.4, 0.5) is 4.39 Å². The number of carboxylic acids is 1. The molecule has 2 unspecified atom stereocenters. The molecule has 1 heterocycles. The fourth-order valence-corrected chi connectivity index (χ4v) is 5.13. The van der Waals surface area contributed by atoms with Crippen molar-refractivity contribution in [1.82, 2.24) is 4.90 Å². The summed E-state index contributed by atoms with van der Waals surface area (Å²) in [4.78, 5) is 14.9. The minimum Gasteiger partial charge on any atom is -0.481 e. The van der Waals surface area contributed by atoms with E-state index in [-0.39, 0.29) is 0 Å². The van der Waals surface area contributed by atoms with Gasteiger partial charge in [-0.2, -0.15) is 0 Å². The molecule has 5 rings (SSSR count). The van der Waals surface area contributed by atoms with Gasteiger partial charge in [0.25, 0.3) is 0 Å². The predicted octanol–water partition coefficient (Wildman–Crippen LogP) is 5.21. The van der Waals surface area contributed by atoms with Crippen molar-refractivity contribution in [2.24, 2.45) is 0 Å². The van der Waals surface area contributed by atoms with E-state index >= 15 is 0 Å². The summed E-state index contributed by atoms with van der Waals surface area (Å²) in [6.45, 7) is 4.54. The van der Waals surface area contributed by atoms with E-state index < -0.39 is 23.6 Å². The molecule has 0 aromatic heterocycles. The van der Waals surface area contributed by atoms with Crippen molar-refractivity contribution < 1.29 is 19.0 Å². The molecule has 174 valence electrons. The van der Waals surface area contributed by atoms with Crippen LogP contribution in [0.2, 0.25) is 0 Å². The average molecular weight is 458 g/mol. The molecule has 1 fully saturated rings. The number of carboxylic acid groups (broad SMARTS) is 1. The highest BCUT2D eigenvalue weighted by atomic mass is 19.1. The van der Waals surface area contributed by atoms with Crippen LogP contribution in [0.25, 0.3) is 11.6 Å². The van der Waals surface area contributed by atoms with Crippen molar-refractivity contribution in [1.29, 1.82) is 0 Å². The molecule has 0 bridgehead atoms. The van der Waals surface area contributed by atoms with E-state index in [0.29, 0.717) is 5.56 Å². The molecule has 3 aromatic rings.